The van der Waals surface area contributed by atoms with Crippen molar-refractivity contribution in [2.45, 2.75) is 37.7 Å². The van der Waals surface area contributed by atoms with Crippen molar-refractivity contribution >= 4 is 17.4 Å². The number of Topliss-reactive ketones (excluding diaryl/α,β-unsaturated/α-hetero) is 1. The highest BCUT2D eigenvalue weighted by molar-refractivity contribution is 6.30. The molecule has 0 saturated carbocycles. The van der Waals surface area contributed by atoms with E-state index in [1.165, 1.54) is 6.07 Å². The van der Waals surface area contributed by atoms with Gasteiger partial charge in [-0.2, -0.15) is 0 Å². The Morgan fingerprint density at radius 2 is 2.00 bits per heavy atom. The van der Waals surface area contributed by atoms with Gasteiger partial charge in [0.25, 0.3) is 0 Å². The second-order valence-corrected chi connectivity index (χ2v) is 7.74. The molecule has 136 valence electrons. The lowest BCUT2D eigenvalue weighted by atomic mass is 9.82. The summed E-state index contributed by atoms with van der Waals surface area (Å²) in [6, 6.07) is 10.3. The van der Waals surface area contributed by atoms with Crippen LogP contribution >= 0.6 is 11.6 Å². The molecule has 26 heavy (non-hydrogen) atoms. The maximum atomic E-state index is 14.6. The molecule has 2 aromatic carbocycles. The van der Waals surface area contributed by atoms with E-state index in [1.807, 2.05) is 12.1 Å². The minimum Gasteiger partial charge on any atom is -0.481 e. The second kappa shape index (κ2) is 6.67. The number of fused-ring (bicyclic) bond motifs is 1. The summed E-state index contributed by atoms with van der Waals surface area (Å²) >= 11 is 5.88. The van der Waals surface area contributed by atoms with Crippen LogP contribution in [0.1, 0.15) is 53.6 Å². The molecule has 1 atom stereocenters. The lowest BCUT2D eigenvalue weighted by molar-refractivity contribution is 0.0471. The molecule has 2 aliphatic heterocycles. The van der Waals surface area contributed by atoms with Gasteiger partial charge >= 0.3 is 0 Å². The Kier molecular flexibility index (Phi) is 4.49. The molecule has 0 bridgehead atoms. The van der Waals surface area contributed by atoms with Gasteiger partial charge in [0.2, 0.25) is 0 Å². The maximum absolute atomic E-state index is 14.6. The Balaban J connectivity index is 1.78. The van der Waals surface area contributed by atoms with Crippen LogP contribution in [0.25, 0.3) is 0 Å². The molecule has 5 heteroatoms. The highest BCUT2D eigenvalue weighted by Crippen LogP contribution is 2.45. The van der Waals surface area contributed by atoms with E-state index in [0.717, 1.165) is 31.5 Å². The van der Waals surface area contributed by atoms with Crippen molar-refractivity contribution < 1.29 is 13.9 Å². The van der Waals surface area contributed by atoms with Crippen molar-refractivity contribution in [1.82, 2.24) is 5.32 Å². The summed E-state index contributed by atoms with van der Waals surface area (Å²) < 4.78 is 20.9. The fourth-order valence-corrected chi connectivity index (χ4v) is 4.23. The topological polar surface area (TPSA) is 38.3 Å². The van der Waals surface area contributed by atoms with E-state index >= 15 is 0 Å². The zero-order valence-electron chi connectivity index (χ0n) is 14.6. The van der Waals surface area contributed by atoms with Gasteiger partial charge in [0, 0.05) is 10.6 Å². The molecule has 0 radical (unpaired) electrons. The maximum Gasteiger partial charge on any atom is 0.170 e. The van der Waals surface area contributed by atoms with Crippen LogP contribution in [0.4, 0.5) is 4.39 Å². The number of ketones is 1. The molecule has 0 spiro atoms. The molecule has 1 saturated heterocycles. The van der Waals surface area contributed by atoms with Crippen LogP contribution in [0.3, 0.4) is 0 Å². The highest BCUT2D eigenvalue weighted by atomic mass is 35.5. The number of rotatable bonds is 2. The number of piperidine rings is 1. The summed E-state index contributed by atoms with van der Waals surface area (Å²) in [6.45, 7) is 3.68. The van der Waals surface area contributed by atoms with Crippen molar-refractivity contribution in [2.24, 2.45) is 0 Å². The lowest BCUT2D eigenvalue weighted by Gasteiger charge is -2.38. The van der Waals surface area contributed by atoms with Crippen LogP contribution in [0.15, 0.2) is 36.4 Å². The van der Waals surface area contributed by atoms with Gasteiger partial charge in [-0.3, -0.25) is 4.79 Å². The van der Waals surface area contributed by atoms with Crippen molar-refractivity contribution in [1.29, 1.82) is 0 Å². The molecule has 0 amide bonds. The Bertz CT molecular complexity index is 863. The first-order chi connectivity index (χ1) is 12.5. The number of para-hydroxylation sites is 1. The molecule has 4 rings (SSSR count). The van der Waals surface area contributed by atoms with Crippen LogP contribution in [-0.2, 0) is 5.60 Å². The van der Waals surface area contributed by atoms with E-state index < -0.39 is 11.4 Å². The SMILES string of the molecule is CC1(c2ccc(Cl)cc2F)CC(=O)c2cccc(C3CCNCC3)c2O1. The van der Waals surface area contributed by atoms with Gasteiger partial charge in [-0.05, 0) is 62.5 Å². The fraction of sp³-hybridized carbons (Fsp3) is 0.381. The number of hydrogen-bond donors (Lipinski definition) is 1. The average molecular weight is 374 g/mol. The van der Waals surface area contributed by atoms with E-state index in [0.29, 0.717) is 27.8 Å². The van der Waals surface area contributed by atoms with Crippen LogP contribution in [-0.4, -0.2) is 18.9 Å². The Morgan fingerprint density at radius 1 is 1.23 bits per heavy atom. The van der Waals surface area contributed by atoms with Crippen molar-refractivity contribution in [3.63, 3.8) is 0 Å². The lowest BCUT2D eigenvalue weighted by Crippen LogP contribution is -2.38. The monoisotopic (exact) mass is 373 g/mol. The Hall–Kier alpha value is -1.91. The van der Waals surface area contributed by atoms with E-state index in [-0.39, 0.29) is 12.2 Å². The molecule has 1 fully saturated rings. The molecule has 0 aliphatic carbocycles. The highest BCUT2D eigenvalue weighted by Gasteiger charge is 2.41. The summed E-state index contributed by atoms with van der Waals surface area (Å²) in [7, 11) is 0. The third-order valence-electron chi connectivity index (χ3n) is 5.45. The van der Waals surface area contributed by atoms with Gasteiger partial charge in [0.05, 0.1) is 12.0 Å². The predicted octanol–water partition coefficient (Wildman–Crippen LogP) is 4.83. The largest absolute Gasteiger partial charge is 0.481 e. The Morgan fingerprint density at radius 3 is 2.73 bits per heavy atom. The molecule has 0 aromatic heterocycles. The molecule has 2 aliphatic rings. The van der Waals surface area contributed by atoms with Gasteiger partial charge in [0.1, 0.15) is 17.2 Å². The number of carbonyl (C=O) groups excluding carboxylic acids is 1. The first-order valence-corrected chi connectivity index (χ1v) is 9.37. The number of nitrogens with one attached hydrogen (secondary N) is 1. The van der Waals surface area contributed by atoms with Gasteiger partial charge < -0.3 is 10.1 Å². The summed E-state index contributed by atoms with van der Waals surface area (Å²) in [5.41, 5.74) is 0.980. The van der Waals surface area contributed by atoms with Crippen LogP contribution in [0.5, 0.6) is 5.75 Å². The van der Waals surface area contributed by atoms with Gasteiger partial charge in [-0.1, -0.05) is 29.8 Å². The van der Waals surface area contributed by atoms with E-state index in [2.05, 4.69) is 5.32 Å². The van der Waals surface area contributed by atoms with Gasteiger partial charge in [-0.25, -0.2) is 4.39 Å². The third kappa shape index (κ3) is 3.01. The third-order valence-corrected chi connectivity index (χ3v) is 5.69. The summed E-state index contributed by atoms with van der Waals surface area (Å²) in [6.07, 6.45) is 2.11. The predicted molar refractivity (Wildman–Crippen MR) is 99.6 cm³/mol. The molecular weight excluding hydrogens is 353 g/mol. The van der Waals surface area contributed by atoms with E-state index in [9.17, 15) is 9.18 Å². The molecular formula is C21H21ClFNO2. The molecule has 1 N–H and O–H groups in total. The van der Waals surface area contributed by atoms with Crippen molar-refractivity contribution in [3.8, 4) is 5.75 Å². The normalized spacial score (nSPS) is 23.4. The van der Waals surface area contributed by atoms with E-state index in [1.54, 1.807) is 25.1 Å². The van der Waals surface area contributed by atoms with Crippen LogP contribution in [0.2, 0.25) is 5.02 Å². The van der Waals surface area contributed by atoms with Crippen molar-refractivity contribution in [2.75, 3.05) is 13.1 Å². The van der Waals surface area contributed by atoms with Crippen molar-refractivity contribution in [3.05, 3.63) is 63.9 Å². The number of hydrogen-bond acceptors (Lipinski definition) is 3. The summed E-state index contributed by atoms with van der Waals surface area (Å²) in [5, 5.41) is 3.68. The van der Waals surface area contributed by atoms with Gasteiger partial charge in [-0.15, -0.1) is 0 Å². The quantitative estimate of drug-likeness (QED) is 0.819. The van der Waals surface area contributed by atoms with Crippen LogP contribution < -0.4 is 10.1 Å². The van der Waals surface area contributed by atoms with Gasteiger partial charge in [0.15, 0.2) is 5.78 Å². The average Bonchev–Trinajstić information content (AvgIpc) is 2.61. The minimum absolute atomic E-state index is 0.0149. The first-order valence-electron chi connectivity index (χ1n) is 8.99. The minimum atomic E-state index is -1.04. The van der Waals surface area contributed by atoms with E-state index in [4.69, 9.17) is 16.3 Å². The number of carbonyl (C=O) groups is 1. The molecule has 2 heterocycles. The summed E-state index contributed by atoms with van der Waals surface area (Å²) in [5.74, 6) is 0.499. The molecule has 1 unspecified atom stereocenters. The second-order valence-electron chi connectivity index (χ2n) is 7.31. The molecule has 3 nitrogen and oxygen atoms in total. The fourth-order valence-electron chi connectivity index (χ4n) is 4.07. The number of benzene rings is 2. The smallest absolute Gasteiger partial charge is 0.170 e. The first kappa shape index (κ1) is 17.5. The number of halogens is 2. The Labute approximate surface area is 157 Å². The van der Waals surface area contributed by atoms with Crippen LogP contribution in [0, 0.1) is 5.82 Å². The molecule has 2 aromatic rings. The zero-order valence-corrected chi connectivity index (χ0v) is 15.4. The summed E-state index contributed by atoms with van der Waals surface area (Å²) in [4.78, 5) is 12.8. The standard InChI is InChI=1S/C21H21ClFNO2/c1-21(17-6-5-14(22)11-18(17)23)12-19(25)16-4-2-3-15(20(16)26-21)13-7-9-24-10-8-13/h2-6,11,13,24H,7-10,12H2,1H3. The zero-order chi connectivity index (χ0) is 18.3. The number of ether oxygens (including phenoxy) is 1.